The van der Waals surface area contributed by atoms with E-state index in [0.29, 0.717) is 13.1 Å². The van der Waals surface area contributed by atoms with Gasteiger partial charge < -0.3 is 10.7 Å². The molecular formula is C12H17N5O3. The average Bonchev–Trinajstić information content (AvgIpc) is 2.43. The Morgan fingerprint density at radius 2 is 2.35 bits per heavy atom. The highest BCUT2D eigenvalue weighted by atomic mass is 16.6. The molecule has 20 heavy (non-hydrogen) atoms. The zero-order valence-corrected chi connectivity index (χ0v) is 11.1. The largest absolute Gasteiger partial charge is 0.353 e. The number of nitro benzene ring substituents is 1. The van der Waals surface area contributed by atoms with Gasteiger partial charge in [0, 0.05) is 25.7 Å². The van der Waals surface area contributed by atoms with Crippen molar-refractivity contribution < 1.29 is 9.72 Å². The quantitative estimate of drug-likeness (QED) is 0.412. The SMILES string of the molecule is CC1C(=O)NCCN1Cc1ccc(NN)c([N+](=O)[O-])c1. The van der Waals surface area contributed by atoms with Gasteiger partial charge in [-0.2, -0.15) is 0 Å². The molecule has 0 aliphatic carbocycles. The number of hydrogen-bond donors (Lipinski definition) is 3. The second-order valence-electron chi connectivity index (χ2n) is 4.69. The number of nitro groups is 1. The van der Waals surface area contributed by atoms with Crippen LogP contribution in [0.2, 0.25) is 0 Å². The van der Waals surface area contributed by atoms with Gasteiger partial charge in [0.1, 0.15) is 5.69 Å². The van der Waals surface area contributed by atoms with Crippen molar-refractivity contribution in [1.82, 2.24) is 10.2 Å². The number of benzene rings is 1. The van der Waals surface area contributed by atoms with Gasteiger partial charge in [0.2, 0.25) is 5.91 Å². The maximum atomic E-state index is 11.6. The Hall–Kier alpha value is -2.19. The molecule has 0 spiro atoms. The first-order valence-corrected chi connectivity index (χ1v) is 6.28. The minimum Gasteiger partial charge on any atom is -0.353 e. The summed E-state index contributed by atoms with van der Waals surface area (Å²) in [5.41, 5.74) is 3.28. The van der Waals surface area contributed by atoms with Crippen molar-refractivity contribution in [3.63, 3.8) is 0 Å². The molecule has 0 saturated carbocycles. The molecule has 1 saturated heterocycles. The molecule has 1 aliphatic rings. The number of carbonyl (C=O) groups is 1. The number of piperazine rings is 1. The Balaban J connectivity index is 2.19. The highest BCUT2D eigenvalue weighted by Gasteiger charge is 2.25. The molecule has 1 fully saturated rings. The topological polar surface area (TPSA) is 114 Å². The first-order chi connectivity index (χ1) is 9.52. The standard InChI is InChI=1S/C12H17N5O3/c1-8-12(18)14-4-5-16(8)7-9-2-3-10(15-13)11(6-9)17(19)20/h2-3,6,8,15H,4-5,7,13H2,1H3,(H,14,18). The van der Waals surface area contributed by atoms with Gasteiger partial charge >= 0.3 is 0 Å². The maximum Gasteiger partial charge on any atom is 0.293 e. The third-order valence-electron chi connectivity index (χ3n) is 3.43. The fourth-order valence-electron chi connectivity index (χ4n) is 2.23. The van der Waals surface area contributed by atoms with Crippen molar-refractivity contribution >= 4 is 17.3 Å². The average molecular weight is 279 g/mol. The molecule has 1 heterocycles. The van der Waals surface area contributed by atoms with Crippen LogP contribution < -0.4 is 16.6 Å². The van der Waals surface area contributed by atoms with Gasteiger partial charge in [0.25, 0.3) is 5.69 Å². The number of hydrazine groups is 1. The van der Waals surface area contributed by atoms with Crippen molar-refractivity contribution in [2.24, 2.45) is 5.84 Å². The zero-order valence-electron chi connectivity index (χ0n) is 11.1. The molecule has 1 atom stereocenters. The summed E-state index contributed by atoms with van der Waals surface area (Å²) in [5, 5.41) is 13.8. The van der Waals surface area contributed by atoms with Crippen LogP contribution >= 0.6 is 0 Å². The van der Waals surface area contributed by atoms with Crippen molar-refractivity contribution in [2.75, 3.05) is 18.5 Å². The van der Waals surface area contributed by atoms with Crippen LogP contribution in [0.4, 0.5) is 11.4 Å². The van der Waals surface area contributed by atoms with Gasteiger partial charge in [0.15, 0.2) is 0 Å². The summed E-state index contributed by atoms with van der Waals surface area (Å²) in [7, 11) is 0. The molecule has 2 rings (SSSR count). The Labute approximate surface area is 116 Å². The lowest BCUT2D eigenvalue weighted by Gasteiger charge is -2.32. The Morgan fingerprint density at radius 1 is 1.60 bits per heavy atom. The van der Waals surface area contributed by atoms with E-state index in [4.69, 9.17) is 5.84 Å². The minimum atomic E-state index is -0.481. The van der Waals surface area contributed by atoms with E-state index in [1.54, 1.807) is 12.1 Å². The van der Waals surface area contributed by atoms with Crippen molar-refractivity contribution in [3.8, 4) is 0 Å². The van der Waals surface area contributed by atoms with Crippen LogP contribution in [0, 0.1) is 10.1 Å². The molecule has 4 N–H and O–H groups in total. The number of rotatable bonds is 4. The van der Waals surface area contributed by atoms with E-state index >= 15 is 0 Å². The Morgan fingerprint density at radius 3 is 3.00 bits per heavy atom. The predicted molar refractivity (Wildman–Crippen MR) is 73.8 cm³/mol. The fraction of sp³-hybridized carbons (Fsp3) is 0.417. The van der Waals surface area contributed by atoms with E-state index in [0.717, 1.165) is 12.1 Å². The normalized spacial score (nSPS) is 19.5. The van der Waals surface area contributed by atoms with Gasteiger partial charge in [-0.05, 0) is 18.6 Å². The van der Waals surface area contributed by atoms with Gasteiger partial charge in [0.05, 0.1) is 11.0 Å². The lowest BCUT2D eigenvalue weighted by Crippen LogP contribution is -2.53. The van der Waals surface area contributed by atoms with Crippen molar-refractivity contribution in [2.45, 2.75) is 19.5 Å². The summed E-state index contributed by atoms with van der Waals surface area (Å²) >= 11 is 0. The third kappa shape index (κ3) is 2.86. The number of amides is 1. The molecule has 8 heteroatoms. The second-order valence-corrected chi connectivity index (χ2v) is 4.69. The molecule has 8 nitrogen and oxygen atoms in total. The van der Waals surface area contributed by atoms with Crippen LogP contribution in [0.15, 0.2) is 18.2 Å². The molecular weight excluding hydrogens is 262 g/mol. The van der Waals surface area contributed by atoms with E-state index in [9.17, 15) is 14.9 Å². The minimum absolute atomic E-state index is 0.0222. The van der Waals surface area contributed by atoms with Gasteiger partial charge in [-0.15, -0.1) is 0 Å². The van der Waals surface area contributed by atoms with Crippen molar-refractivity contribution in [1.29, 1.82) is 0 Å². The van der Waals surface area contributed by atoms with Crippen LogP contribution in [-0.2, 0) is 11.3 Å². The summed E-state index contributed by atoms with van der Waals surface area (Å²) in [4.78, 5) is 24.1. The molecule has 0 bridgehead atoms. The van der Waals surface area contributed by atoms with Crippen LogP contribution in [0.1, 0.15) is 12.5 Å². The zero-order chi connectivity index (χ0) is 14.7. The number of nitrogens with one attached hydrogen (secondary N) is 2. The smallest absolute Gasteiger partial charge is 0.293 e. The number of nitrogen functional groups attached to an aromatic ring is 1. The number of hydrogen-bond acceptors (Lipinski definition) is 6. The first-order valence-electron chi connectivity index (χ1n) is 6.28. The third-order valence-corrected chi connectivity index (χ3v) is 3.43. The Bertz CT molecular complexity index is 534. The van der Waals surface area contributed by atoms with E-state index in [1.165, 1.54) is 6.07 Å². The number of anilines is 1. The van der Waals surface area contributed by atoms with Crippen LogP contribution in [0.5, 0.6) is 0 Å². The molecule has 1 aromatic carbocycles. The summed E-state index contributed by atoms with van der Waals surface area (Å²) in [5.74, 6) is 5.22. The first kappa shape index (κ1) is 14.2. The van der Waals surface area contributed by atoms with Crippen LogP contribution in [-0.4, -0.2) is 34.9 Å². The molecule has 1 unspecified atom stereocenters. The van der Waals surface area contributed by atoms with E-state index in [2.05, 4.69) is 10.7 Å². The Kier molecular flexibility index (Phi) is 4.16. The van der Waals surface area contributed by atoms with E-state index < -0.39 is 4.92 Å². The fourth-order valence-corrected chi connectivity index (χ4v) is 2.23. The van der Waals surface area contributed by atoms with Crippen LogP contribution in [0.25, 0.3) is 0 Å². The number of nitrogens with zero attached hydrogens (tertiary/aromatic N) is 2. The summed E-state index contributed by atoms with van der Waals surface area (Å²) in [6, 6.07) is 4.58. The van der Waals surface area contributed by atoms with Gasteiger partial charge in [-0.25, -0.2) is 0 Å². The summed E-state index contributed by atoms with van der Waals surface area (Å²) in [6.07, 6.45) is 0. The highest BCUT2D eigenvalue weighted by Crippen LogP contribution is 2.25. The molecule has 0 aromatic heterocycles. The molecule has 0 radical (unpaired) electrons. The molecule has 1 amide bonds. The van der Waals surface area contributed by atoms with Crippen LogP contribution in [0.3, 0.4) is 0 Å². The molecule has 1 aliphatic heterocycles. The van der Waals surface area contributed by atoms with E-state index in [1.807, 2.05) is 11.8 Å². The van der Waals surface area contributed by atoms with Gasteiger partial charge in [-0.1, -0.05) is 6.07 Å². The lowest BCUT2D eigenvalue weighted by atomic mass is 10.1. The highest BCUT2D eigenvalue weighted by molar-refractivity contribution is 5.82. The van der Waals surface area contributed by atoms with Crippen molar-refractivity contribution in [3.05, 3.63) is 33.9 Å². The molecule has 1 aromatic rings. The second kappa shape index (κ2) is 5.85. The predicted octanol–water partition coefficient (Wildman–Crippen LogP) is 0.201. The summed E-state index contributed by atoms with van der Waals surface area (Å²) < 4.78 is 0. The maximum absolute atomic E-state index is 11.6. The van der Waals surface area contributed by atoms with Gasteiger partial charge in [-0.3, -0.25) is 25.7 Å². The monoisotopic (exact) mass is 279 g/mol. The number of nitrogens with two attached hydrogens (primary N) is 1. The molecule has 108 valence electrons. The lowest BCUT2D eigenvalue weighted by molar-refractivity contribution is -0.384. The summed E-state index contributed by atoms with van der Waals surface area (Å²) in [6.45, 7) is 3.62. The number of carbonyl (C=O) groups excluding carboxylic acids is 1. The van der Waals surface area contributed by atoms with E-state index in [-0.39, 0.29) is 23.3 Å².